The van der Waals surface area contributed by atoms with Crippen molar-refractivity contribution in [3.8, 4) is 5.75 Å². The molecule has 2 atom stereocenters. The largest absolute Gasteiger partial charge is 0.482 e. The van der Waals surface area contributed by atoms with Gasteiger partial charge in [-0.2, -0.15) is 0 Å². The molecule has 2 unspecified atom stereocenters. The van der Waals surface area contributed by atoms with Gasteiger partial charge in [-0.3, -0.25) is 14.9 Å². The smallest absolute Gasteiger partial charge is 0.310 e. The molecule has 0 heterocycles. The number of rotatable bonds is 6. The lowest BCUT2D eigenvalue weighted by Gasteiger charge is -2.60. The molecule has 4 fully saturated rings. The molecule has 2 aromatic rings. The molecule has 0 amide bonds. The molecule has 4 aliphatic rings. The summed E-state index contributed by atoms with van der Waals surface area (Å²) in [5.41, 5.74) is 1.03. The summed E-state index contributed by atoms with van der Waals surface area (Å²) in [6, 6.07) is 14.7. The van der Waals surface area contributed by atoms with E-state index in [0.717, 1.165) is 43.2 Å². The van der Waals surface area contributed by atoms with Crippen LogP contribution in [0.25, 0.3) is 0 Å². The highest BCUT2D eigenvalue weighted by atomic mass is 16.6. The van der Waals surface area contributed by atoms with Gasteiger partial charge in [0.15, 0.2) is 5.75 Å². The van der Waals surface area contributed by atoms with E-state index in [1.165, 1.54) is 6.07 Å². The summed E-state index contributed by atoms with van der Waals surface area (Å²) in [6.45, 7) is 0.252. The van der Waals surface area contributed by atoms with Gasteiger partial charge >= 0.3 is 11.7 Å². The minimum Gasteiger partial charge on any atom is -0.482 e. The first-order valence-corrected chi connectivity index (χ1v) is 10.6. The molecule has 0 aromatic heterocycles. The Labute approximate surface area is 175 Å². The van der Waals surface area contributed by atoms with E-state index in [9.17, 15) is 20.0 Å². The second kappa shape index (κ2) is 6.83. The molecule has 4 aliphatic carbocycles. The van der Waals surface area contributed by atoms with Crippen LogP contribution in [0, 0.1) is 27.4 Å². The Hall–Kier alpha value is -2.89. The number of hydrogen-bond acceptors (Lipinski definition) is 4. The lowest BCUT2D eigenvalue weighted by atomic mass is 9.43. The first-order valence-electron chi connectivity index (χ1n) is 10.6. The highest BCUT2D eigenvalue weighted by molar-refractivity contribution is 5.76. The zero-order valence-electron chi connectivity index (χ0n) is 16.8. The van der Waals surface area contributed by atoms with Gasteiger partial charge in [-0.05, 0) is 73.0 Å². The van der Waals surface area contributed by atoms with Gasteiger partial charge in [0.2, 0.25) is 0 Å². The number of carboxylic acid groups (broad SMARTS) is 1. The quantitative estimate of drug-likeness (QED) is 0.532. The monoisotopic (exact) mass is 407 g/mol. The van der Waals surface area contributed by atoms with Gasteiger partial charge in [-0.1, -0.05) is 36.4 Å². The fourth-order valence-electron chi connectivity index (χ4n) is 6.70. The lowest BCUT2D eigenvalue weighted by molar-refractivity contribution is -0.386. The van der Waals surface area contributed by atoms with Crippen LogP contribution in [0.4, 0.5) is 5.69 Å². The van der Waals surface area contributed by atoms with Crippen molar-refractivity contribution in [1.82, 2.24) is 0 Å². The van der Waals surface area contributed by atoms with E-state index in [-0.39, 0.29) is 23.5 Å². The summed E-state index contributed by atoms with van der Waals surface area (Å²) >= 11 is 0. The molecule has 30 heavy (non-hydrogen) atoms. The Balaban J connectivity index is 1.50. The Morgan fingerprint density at radius 3 is 2.43 bits per heavy atom. The number of carbonyl (C=O) groups is 1. The molecule has 6 rings (SSSR count). The lowest BCUT2D eigenvalue weighted by Crippen LogP contribution is -2.56. The molecule has 0 aliphatic heterocycles. The van der Waals surface area contributed by atoms with E-state index in [4.69, 9.17) is 4.74 Å². The van der Waals surface area contributed by atoms with Crippen molar-refractivity contribution >= 4 is 11.7 Å². The van der Waals surface area contributed by atoms with Gasteiger partial charge < -0.3 is 9.84 Å². The van der Waals surface area contributed by atoms with Gasteiger partial charge in [-0.15, -0.1) is 0 Å². The molecule has 1 N–H and O–H groups in total. The van der Waals surface area contributed by atoms with Crippen LogP contribution >= 0.6 is 0 Å². The maximum Gasteiger partial charge on any atom is 0.310 e. The Kier molecular flexibility index (Phi) is 4.34. The highest BCUT2D eigenvalue weighted by Gasteiger charge is 2.61. The van der Waals surface area contributed by atoms with Gasteiger partial charge in [0.25, 0.3) is 0 Å². The molecular formula is C24H25NO5. The van der Waals surface area contributed by atoms with Crippen molar-refractivity contribution in [3.05, 3.63) is 69.8 Å². The van der Waals surface area contributed by atoms with Crippen LogP contribution < -0.4 is 4.74 Å². The van der Waals surface area contributed by atoms with Crippen molar-refractivity contribution in [2.24, 2.45) is 17.3 Å². The van der Waals surface area contributed by atoms with Gasteiger partial charge in [0.05, 0.1) is 10.3 Å². The number of benzene rings is 2. The van der Waals surface area contributed by atoms with Crippen LogP contribution in [0.1, 0.15) is 49.7 Å². The number of hydrogen-bond donors (Lipinski definition) is 1. The van der Waals surface area contributed by atoms with Crippen LogP contribution in [0.15, 0.2) is 48.5 Å². The van der Waals surface area contributed by atoms with Gasteiger partial charge in [0, 0.05) is 6.07 Å². The first-order chi connectivity index (χ1) is 14.4. The van der Waals surface area contributed by atoms with Crippen LogP contribution in [0.5, 0.6) is 5.75 Å². The number of nitro groups is 1. The summed E-state index contributed by atoms with van der Waals surface area (Å²) in [6.07, 6.45) is 5.21. The van der Waals surface area contributed by atoms with Crippen molar-refractivity contribution in [2.45, 2.75) is 50.5 Å². The predicted molar refractivity (Wildman–Crippen MR) is 110 cm³/mol. The number of aliphatic carboxylic acids is 1. The summed E-state index contributed by atoms with van der Waals surface area (Å²) in [5, 5.41) is 21.6. The first kappa shape index (κ1) is 19.1. The third-order valence-electron chi connectivity index (χ3n) is 7.52. The standard InChI is InChI=1S/C24H25NO5/c26-22(27)24-12-17-8-18(13-24)11-23(10-17,15-24)19-6-7-20(25(28)29)21(9-19)30-14-16-4-2-1-3-5-16/h1-7,9,17-18H,8,10-15H2,(H,26,27). The van der Waals surface area contributed by atoms with Gasteiger partial charge in [0.1, 0.15) is 6.61 Å². The number of carboxylic acids is 1. The Bertz CT molecular complexity index is 988. The van der Waals surface area contributed by atoms with E-state index >= 15 is 0 Å². The van der Waals surface area contributed by atoms with Crippen molar-refractivity contribution in [3.63, 3.8) is 0 Å². The van der Waals surface area contributed by atoms with Crippen LogP contribution in [-0.2, 0) is 16.8 Å². The summed E-state index contributed by atoms with van der Waals surface area (Å²) < 4.78 is 5.90. The molecule has 0 radical (unpaired) electrons. The minimum absolute atomic E-state index is 0.0487. The second-order valence-electron chi connectivity index (χ2n) is 9.54. The second-order valence-corrected chi connectivity index (χ2v) is 9.54. The maximum atomic E-state index is 12.2. The van der Waals surface area contributed by atoms with Crippen molar-refractivity contribution < 1.29 is 19.6 Å². The predicted octanol–water partition coefficient (Wildman–Crippen LogP) is 5.10. The van der Waals surface area contributed by atoms with E-state index < -0.39 is 16.3 Å². The number of ether oxygens (including phenoxy) is 1. The third kappa shape index (κ3) is 3.06. The average Bonchev–Trinajstić information content (AvgIpc) is 2.71. The Morgan fingerprint density at radius 1 is 1.10 bits per heavy atom. The van der Waals surface area contributed by atoms with Crippen LogP contribution in [-0.4, -0.2) is 16.0 Å². The fraction of sp³-hybridized carbons (Fsp3) is 0.458. The minimum atomic E-state index is -0.677. The zero-order chi connectivity index (χ0) is 20.9. The number of nitrogens with zero attached hydrogens (tertiary/aromatic N) is 1. The highest BCUT2D eigenvalue weighted by Crippen LogP contribution is 2.66. The SMILES string of the molecule is O=C(O)C12CC3CC(C1)CC(c1ccc([N+](=O)[O-])c(OCc4ccccc4)c1)(C3)C2. The summed E-state index contributed by atoms with van der Waals surface area (Å²) in [4.78, 5) is 23.3. The van der Waals surface area contributed by atoms with E-state index in [2.05, 4.69) is 0 Å². The van der Waals surface area contributed by atoms with Crippen molar-refractivity contribution in [2.75, 3.05) is 0 Å². The van der Waals surface area contributed by atoms with Gasteiger partial charge in [-0.25, -0.2) is 0 Å². The molecule has 6 nitrogen and oxygen atoms in total. The number of nitro benzene ring substituents is 1. The zero-order valence-corrected chi connectivity index (χ0v) is 16.8. The topological polar surface area (TPSA) is 89.7 Å². The van der Waals surface area contributed by atoms with Crippen molar-refractivity contribution in [1.29, 1.82) is 0 Å². The fourth-order valence-corrected chi connectivity index (χ4v) is 6.70. The molecule has 0 spiro atoms. The molecular weight excluding hydrogens is 382 g/mol. The van der Waals surface area contributed by atoms with Crippen LogP contribution in [0.3, 0.4) is 0 Å². The average molecular weight is 407 g/mol. The van der Waals surface area contributed by atoms with E-state index in [1.807, 2.05) is 42.5 Å². The molecule has 4 bridgehead atoms. The third-order valence-corrected chi connectivity index (χ3v) is 7.52. The molecule has 0 saturated heterocycles. The maximum absolute atomic E-state index is 12.2. The van der Waals surface area contributed by atoms with Crippen LogP contribution in [0.2, 0.25) is 0 Å². The Morgan fingerprint density at radius 2 is 1.80 bits per heavy atom. The van der Waals surface area contributed by atoms with E-state index in [0.29, 0.717) is 18.3 Å². The summed E-state index contributed by atoms with van der Waals surface area (Å²) in [5.74, 6) is 0.433. The summed E-state index contributed by atoms with van der Waals surface area (Å²) in [7, 11) is 0. The molecule has 6 heteroatoms. The van der Waals surface area contributed by atoms with E-state index in [1.54, 1.807) is 0 Å². The normalized spacial score (nSPS) is 31.5. The molecule has 2 aromatic carbocycles. The molecule has 156 valence electrons. The molecule has 4 saturated carbocycles.